The van der Waals surface area contributed by atoms with Crippen molar-refractivity contribution in [1.82, 2.24) is 14.4 Å². The second kappa shape index (κ2) is 16.4. The van der Waals surface area contributed by atoms with E-state index in [1.165, 1.54) is 48.7 Å². The van der Waals surface area contributed by atoms with Crippen LogP contribution in [0.2, 0.25) is 0 Å². The van der Waals surface area contributed by atoms with Crippen LogP contribution in [0.3, 0.4) is 0 Å². The number of hydrogen-bond donors (Lipinski definition) is 3. The number of ether oxygens (including phenoxy) is 1. The van der Waals surface area contributed by atoms with E-state index in [1.54, 1.807) is 6.07 Å². The number of likely N-dealkylation sites (N-methyl/N-ethyl adjacent to an activating group) is 2. The second-order valence-electron chi connectivity index (χ2n) is 12.1. The van der Waals surface area contributed by atoms with Crippen molar-refractivity contribution >= 4 is 28.8 Å². The first-order valence-corrected chi connectivity index (χ1v) is 15.4. The molecule has 1 saturated carbocycles. The van der Waals surface area contributed by atoms with Crippen LogP contribution in [-0.4, -0.2) is 107 Å². The number of fused-ring (bicyclic) bond motifs is 5. The van der Waals surface area contributed by atoms with Gasteiger partial charge in [-0.05, 0) is 69.7 Å². The first kappa shape index (κ1) is 39.1. The van der Waals surface area contributed by atoms with Gasteiger partial charge in [0.2, 0.25) is 0 Å². The molecule has 3 N–H and O–H groups in total. The summed E-state index contributed by atoms with van der Waals surface area (Å²) in [6.07, 6.45) is -4.01. The molecule has 16 heteroatoms. The Kier molecular flexibility index (Phi) is 13.1. The Balaban J connectivity index is 0.000000392. The maximum atomic E-state index is 11.9. The van der Waals surface area contributed by atoms with Crippen LogP contribution in [0.15, 0.2) is 42.5 Å². The number of nitrogens with zero attached hydrogens (tertiary/aromatic N) is 3. The zero-order chi connectivity index (χ0) is 36.7. The largest absolute Gasteiger partial charge is 0.491 e. The lowest BCUT2D eigenvalue weighted by Crippen LogP contribution is -2.43. The first-order valence-electron chi connectivity index (χ1n) is 15.4. The molecule has 1 fully saturated rings. The maximum Gasteiger partial charge on any atom is 0.490 e. The van der Waals surface area contributed by atoms with Gasteiger partial charge < -0.3 is 29.5 Å². The number of rotatable bonds is 6. The Bertz CT molecular complexity index is 1590. The van der Waals surface area contributed by atoms with Gasteiger partial charge >= 0.3 is 30.3 Å². The summed E-state index contributed by atoms with van der Waals surface area (Å²) in [4.78, 5) is 34.3. The minimum absolute atomic E-state index is 0.172. The standard InChI is InChI=1S/C29H37N3O3.2C2HF3O2/c1-30(2)15-16-31(3)22-18-32-25-17-21(29(33)34)13-14-23(25)27(20-9-5-4-6-10-20)28(32)24-11-7-8-12-26(24)35-19-22;2*3-2(4,5)1(6)7/h7-8,11-14,17,20,22H,4-6,9-10,15-16,18-19H2,1-3H3,(H,33,34);2*(H,6,7)/t22-;;/m1../s1. The fourth-order valence-corrected chi connectivity index (χ4v) is 5.84. The fourth-order valence-electron chi connectivity index (χ4n) is 5.84. The summed E-state index contributed by atoms with van der Waals surface area (Å²) in [7, 11) is 6.36. The first-order chi connectivity index (χ1) is 22.8. The van der Waals surface area contributed by atoms with Crippen molar-refractivity contribution in [3.8, 4) is 17.0 Å². The van der Waals surface area contributed by atoms with E-state index in [0.717, 1.165) is 36.5 Å². The monoisotopic (exact) mass is 703 g/mol. The fraction of sp³-hybridized carbons (Fsp3) is 0.485. The summed E-state index contributed by atoms with van der Waals surface area (Å²) in [6, 6.07) is 14.2. The van der Waals surface area contributed by atoms with Crippen LogP contribution in [0.4, 0.5) is 26.3 Å². The van der Waals surface area contributed by atoms with E-state index in [-0.39, 0.29) is 6.04 Å². The Labute approximate surface area is 278 Å². The number of hydrogen-bond acceptors (Lipinski definition) is 6. The third-order valence-corrected chi connectivity index (χ3v) is 8.34. The highest BCUT2D eigenvalue weighted by molar-refractivity contribution is 5.98. The van der Waals surface area contributed by atoms with E-state index in [2.05, 4.69) is 59.8 Å². The smallest absolute Gasteiger partial charge is 0.490 e. The lowest BCUT2D eigenvalue weighted by Gasteiger charge is -2.33. The molecule has 270 valence electrons. The molecule has 1 aliphatic carbocycles. The summed E-state index contributed by atoms with van der Waals surface area (Å²) >= 11 is 0. The minimum atomic E-state index is -5.08. The molecule has 3 aromatic rings. The topological polar surface area (TPSA) is 133 Å². The summed E-state index contributed by atoms with van der Waals surface area (Å²) < 4.78 is 72.3. The highest BCUT2D eigenvalue weighted by atomic mass is 19.4. The van der Waals surface area contributed by atoms with Crippen LogP contribution in [0.25, 0.3) is 22.2 Å². The highest BCUT2D eigenvalue weighted by Crippen LogP contribution is 2.47. The molecular weight excluding hydrogens is 664 g/mol. The third-order valence-electron chi connectivity index (χ3n) is 8.34. The van der Waals surface area contributed by atoms with Gasteiger partial charge in [0.15, 0.2) is 0 Å². The minimum Gasteiger partial charge on any atom is -0.491 e. The molecule has 0 radical (unpaired) electrons. The number of carboxylic acid groups (broad SMARTS) is 3. The predicted molar refractivity (Wildman–Crippen MR) is 168 cm³/mol. The molecule has 10 nitrogen and oxygen atoms in total. The van der Waals surface area contributed by atoms with Crippen molar-refractivity contribution in [3.05, 3.63) is 53.6 Å². The molecule has 0 amide bonds. The molecule has 1 aromatic heterocycles. The molecule has 5 rings (SSSR count). The number of benzene rings is 2. The summed E-state index contributed by atoms with van der Waals surface area (Å²) in [5.41, 5.74) is 5.09. The van der Waals surface area contributed by atoms with Gasteiger partial charge in [0.1, 0.15) is 12.4 Å². The van der Waals surface area contributed by atoms with Gasteiger partial charge in [-0.25, -0.2) is 14.4 Å². The summed E-state index contributed by atoms with van der Waals surface area (Å²) in [5.74, 6) is -5.00. The quantitative estimate of drug-likeness (QED) is 0.244. The molecule has 2 aromatic carbocycles. The SMILES string of the molecule is CN(C)CCN(C)[C@H]1COc2ccccc2-c2c(C3CCCCC3)c3ccc(C(=O)O)cc3n2C1.O=C(O)C(F)(F)F.O=C(O)C(F)(F)F. The van der Waals surface area contributed by atoms with E-state index < -0.39 is 30.3 Å². The molecule has 0 unspecified atom stereocenters. The van der Waals surface area contributed by atoms with Crippen molar-refractivity contribution in [3.63, 3.8) is 0 Å². The summed E-state index contributed by atoms with van der Waals surface area (Å²) in [5, 5.41) is 25.2. The van der Waals surface area contributed by atoms with E-state index >= 15 is 0 Å². The molecule has 1 atom stereocenters. The molecule has 2 heterocycles. The van der Waals surface area contributed by atoms with Gasteiger partial charge in [-0.2, -0.15) is 26.3 Å². The predicted octanol–water partition coefficient (Wildman–Crippen LogP) is 6.58. The number of alkyl halides is 6. The van der Waals surface area contributed by atoms with Gasteiger partial charge in [-0.3, -0.25) is 4.90 Å². The number of carbonyl (C=O) groups is 3. The van der Waals surface area contributed by atoms with E-state index in [1.807, 2.05) is 12.1 Å². The maximum absolute atomic E-state index is 11.9. The lowest BCUT2D eigenvalue weighted by molar-refractivity contribution is -0.193. The molecule has 0 spiro atoms. The second-order valence-corrected chi connectivity index (χ2v) is 12.1. The molecule has 0 saturated heterocycles. The van der Waals surface area contributed by atoms with Crippen LogP contribution in [0.1, 0.15) is 53.9 Å². The molecular formula is C33H39F6N3O7. The Morgan fingerprint density at radius 3 is 1.96 bits per heavy atom. The molecule has 49 heavy (non-hydrogen) atoms. The third kappa shape index (κ3) is 10.3. The van der Waals surface area contributed by atoms with Crippen LogP contribution in [0, 0.1) is 0 Å². The zero-order valence-corrected chi connectivity index (χ0v) is 27.1. The molecule has 2 aliphatic rings. The van der Waals surface area contributed by atoms with E-state index in [0.29, 0.717) is 18.1 Å². The van der Waals surface area contributed by atoms with Crippen LogP contribution < -0.4 is 4.74 Å². The van der Waals surface area contributed by atoms with Crippen molar-refractivity contribution in [2.24, 2.45) is 0 Å². The molecule has 0 bridgehead atoms. The lowest BCUT2D eigenvalue weighted by atomic mass is 9.81. The van der Waals surface area contributed by atoms with Crippen LogP contribution >= 0.6 is 0 Å². The Morgan fingerprint density at radius 1 is 0.857 bits per heavy atom. The Hall–Kier alpha value is -4.31. The average Bonchev–Trinajstić information content (AvgIpc) is 3.33. The van der Waals surface area contributed by atoms with Gasteiger partial charge in [0.25, 0.3) is 0 Å². The number of para-hydroxylation sites is 1. The van der Waals surface area contributed by atoms with Crippen LogP contribution in [0.5, 0.6) is 5.75 Å². The van der Waals surface area contributed by atoms with Crippen molar-refractivity contribution in [1.29, 1.82) is 0 Å². The Morgan fingerprint density at radius 2 is 1.43 bits per heavy atom. The normalized spacial score (nSPS) is 16.6. The highest BCUT2D eigenvalue weighted by Gasteiger charge is 2.39. The van der Waals surface area contributed by atoms with Crippen molar-refractivity contribution in [2.75, 3.05) is 40.8 Å². The van der Waals surface area contributed by atoms with E-state index in [9.17, 15) is 36.2 Å². The van der Waals surface area contributed by atoms with Crippen LogP contribution in [-0.2, 0) is 16.1 Å². The summed E-state index contributed by atoms with van der Waals surface area (Å²) in [6.45, 7) is 3.27. The molecule has 1 aliphatic heterocycles. The number of aromatic nitrogens is 1. The van der Waals surface area contributed by atoms with Gasteiger partial charge in [-0.1, -0.05) is 37.5 Å². The van der Waals surface area contributed by atoms with Gasteiger partial charge in [0, 0.05) is 36.1 Å². The van der Waals surface area contributed by atoms with Crippen molar-refractivity contribution in [2.45, 2.75) is 63.0 Å². The average molecular weight is 704 g/mol. The number of aromatic carboxylic acids is 1. The number of aliphatic carboxylic acids is 2. The van der Waals surface area contributed by atoms with Crippen molar-refractivity contribution < 1.29 is 60.8 Å². The van der Waals surface area contributed by atoms with E-state index in [4.69, 9.17) is 24.5 Å². The zero-order valence-electron chi connectivity index (χ0n) is 27.1. The van der Waals surface area contributed by atoms with Gasteiger partial charge in [0.05, 0.1) is 17.3 Å². The number of carboxylic acids is 3. The van der Waals surface area contributed by atoms with Gasteiger partial charge in [-0.15, -0.1) is 0 Å². The number of halogens is 6.